The van der Waals surface area contributed by atoms with Gasteiger partial charge in [0.25, 0.3) is 0 Å². The van der Waals surface area contributed by atoms with Crippen molar-refractivity contribution in [1.82, 2.24) is 0 Å². The van der Waals surface area contributed by atoms with Crippen LogP contribution >= 0.6 is 0 Å². The molecular formula is C14H19NO4. The Hall–Kier alpha value is -1.59. The number of aliphatic hydroxyl groups is 1. The van der Waals surface area contributed by atoms with Crippen molar-refractivity contribution in [3.8, 4) is 5.75 Å². The average Bonchev–Trinajstić information content (AvgIpc) is 2.36. The molecule has 1 aliphatic heterocycles. The fourth-order valence-corrected chi connectivity index (χ4v) is 2.19. The van der Waals surface area contributed by atoms with E-state index in [1.807, 2.05) is 0 Å². The maximum Gasteiger partial charge on any atom is 0.338 e. The molecule has 5 heteroatoms. The lowest BCUT2D eigenvalue weighted by atomic mass is 9.86. The highest BCUT2D eigenvalue weighted by Gasteiger charge is 2.41. The van der Waals surface area contributed by atoms with Crippen LogP contribution in [-0.4, -0.2) is 29.4 Å². The molecule has 1 aliphatic rings. The molecule has 0 spiro atoms. The zero-order chi connectivity index (χ0) is 14.2. The number of aliphatic hydroxyl groups excluding tert-OH is 1. The molecule has 0 radical (unpaired) electrons. The van der Waals surface area contributed by atoms with Crippen LogP contribution in [0.3, 0.4) is 0 Å². The number of hydrogen-bond acceptors (Lipinski definition) is 5. The van der Waals surface area contributed by atoms with Crippen LogP contribution in [0.2, 0.25) is 0 Å². The summed E-state index contributed by atoms with van der Waals surface area (Å²) in [5.41, 5.74) is 6.31. The first-order valence-corrected chi connectivity index (χ1v) is 6.30. The topological polar surface area (TPSA) is 81.8 Å². The molecule has 0 aromatic heterocycles. The van der Waals surface area contributed by atoms with Crippen LogP contribution in [0.25, 0.3) is 0 Å². The number of hydrogen-bond donors (Lipinski definition) is 2. The van der Waals surface area contributed by atoms with E-state index in [0.29, 0.717) is 23.5 Å². The Morgan fingerprint density at radius 3 is 2.84 bits per heavy atom. The van der Waals surface area contributed by atoms with Gasteiger partial charge in [-0.1, -0.05) is 0 Å². The van der Waals surface area contributed by atoms with Crippen LogP contribution in [0, 0.1) is 0 Å². The molecule has 2 rings (SSSR count). The largest absolute Gasteiger partial charge is 0.485 e. The minimum Gasteiger partial charge on any atom is -0.485 e. The summed E-state index contributed by atoms with van der Waals surface area (Å²) >= 11 is 0. The van der Waals surface area contributed by atoms with E-state index in [4.69, 9.17) is 15.2 Å². The number of carbonyl (C=O) groups excluding carboxylic acids is 1. The van der Waals surface area contributed by atoms with E-state index < -0.39 is 23.7 Å². The van der Waals surface area contributed by atoms with Gasteiger partial charge in [0.1, 0.15) is 17.5 Å². The van der Waals surface area contributed by atoms with E-state index in [2.05, 4.69) is 0 Å². The van der Waals surface area contributed by atoms with Crippen molar-refractivity contribution in [2.45, 2.75) is 38.5 Å². The van der Waals surface area contributed by atoms with Gasteiger partial charge in [-0.05, 0) is 39.0 Å². The van der Waals surface area contributed by atoms with Crippen LogP contribution in [0.1, 0.15) is 42.7 Å². The minimum absolute atomic E-state index is 0.314. The third-order valence-corrected chi connectivity index (χ3v) is 3.31. The van der Waals surface area contributed by atoms with Crippen molar-refractivity contribution in [3.63, 3.8) is 0 Å². The third kappa shape index (κ3) is 2.43. The van der Waals surface area contributed by atoms with Gasteiger partial charge in [0, 0.05) is 5.56 Å². The van der Waals surface area contributed by atoms with Crippen LogP contribution in [0.4, 0.5) is 0 Å². The molecule has 0 fully saturated rings. The van der Waals surface area contributed by atoms with E-state index in [1.54, 1.807) is 39.0 Å². The van der Waals surface area contributed by atoms with Gasteiger partial charge in [-0.15, -0.1) is 0 Å². The van der Waals surface area contributed by atoms with E-state index in [9.17, 15) is 9.90 Å². The molecule has 104 valence electrons. The lowest BCUT2D eigenvalue weighted by Crippen LogP contribution is -2.51. The van der Waals surface area contributed by atoms with E-state index >= 15 is 0 Å². The molecule has 2 atom stereocenters. The predicted molar refractivity (Wildman–Crippen MR) is 70.0 cm³/mol. The Morgan fingerprint density at radius 2 is 2.21 bits per heavy atom. The van der Waals surface area contributed by atoms with E-state index in [-0.39, 0.29) is 0 Å². The number of rotatable bonds is 2. The monoisotopic (exact) mass is 265 g/mol. The van der Waals surface area contributed by atoms with Crippen molar-refractivity contribution >= 4 is 5.97 Å². The molecule has 0 bridgehead atoms. The minimum atomic E-state index is -0.836. The predicted octanol–water partition coefficient (Wildman–Crippen LogP) is 1.40. The number of fused-ring (bicyclic) bond motifs is 1. The Bertz CT molecular complexity index is 498. The number of ether oxygens (including phenoxy) is 2. The zero-order valence-electron chi connectivity index (χ0n) is 11.3. The summed E-state index contributed by atoms with van der Waals surface area (Å²) in [5.74, 6) is 0.188. The summed E-state index contributed by atoms with van der Waals surface area (Å²) < 4.78 is 10.7. The quantitative estimate of drug-likeness (QED) is 0.790. The third-order valence-electron chi connectivity index (χ3n) is 3.31. The highest BCUT2D eigenvalue weighted by molar-refractivity contribution is 5.90. The van der Waals surface area contributed by atoms with Crippen LogP contribution in [0.5, 0.6) is 5.75 Å². The summed E-state index contributed by atoms with van der Waals surface area (Å²) in [6.45, 7) is 5.62. The normalized spacial score (nSPS) is 24.3. The SMILES string of the molecule is CCOC(=O)c1ccc2c(c1)[C@@H](N)[C@H](O)C(C)(C)O2. The Labute approximate surface area is 112 Å². The van der Waals surface area contributed by atoms with E-state index in [0.717, 1.165) is 0 Å². The van der Waals surface area contributed by atoms with Gasteiger partial charge >= 0.3 is 5.97 Å². The second-order valence-corrected chi connectivity index (χ2v) is 5.15. The lowest BCUT2D eigenvalue weighted by Gasteiger charge is -2.40. The molecule has 1 heterocycles. The molecule has 0 aliphatic carbocycles. The number of nitrogens with two attached hydrogens (primary N) is 1. The summed E-state index contributed by atoms with van der Waals surface area (Å²) in [6, 6.07) is 4.36. The van der Waals surface area contributed by atoms with E-state index in [1.165, 1.54) is 0 Å². The standard InChI is InChI=1S/C14H19NO4/c1-4-18-13(17)8-5-6-10-9(7-8)11(15)12(16)14(2,3)19-10/h5-7,11-12,16H,4,15H2,1-3H3/t11-,12+/m1/s1. The molecule has 19 heavy (non-hydrogen) atoms. The highest BCUT2D eigenvalue weighted by atomic mass is 16.5. The van der Waals surface area contributed by atoms with Gasteiger partial charge in [0.2, 0.25) is 0 Å². The number of esters is 1. The summed E-state index contributed by atoms with van der Waals surface area (Å²) in [5, 5.41) is 10.1. The van der Waals surface area contributed by atoms with Gasteiger partial charge < -0.3 is 20.3 Å². The average molecular weight is 265 g/mol. The van der Waals surface area contributed by atoms with Gasteiger partial charge in [-0.3, -0.25) is 0 Å². The first kappa shape index (κ1) is 13.8. The molecule has 0 unspecified atom stereocenters. The summed E-state index contributed by atoms with van der Waals surface area (Å²) in [4.78, 5) is 11.7. The van der Waals surface area contributed by atoms with Gasteiger partial charge in [0.15, 0.2) is 0 Å². The lowest BCUT2D eigenvalue weighted by molar-refractivity contribution is -0.0572. The molecule has 1 aromatic rings. The Morgan fingerprint density at radius 1 is 1.53 bits per heavy atom. The van der Waals surface area contributed by atoms with Crippen LogP contribution in [-0.2, 0) is 4.74 Å². The first-order valence-electron chi connectivity index (χ1n) is 6.30. The molecule has 0 saturated carbocycles. The number of benzene rings is 1. The van der Waals surface area contributed by atoms with Crippen LogP contribution in [0.15, 0.2) is 18.2 Å². The van der Waals surface area contributed by atoms with Gasteiger partial charge in [-0.25, -0.2) is 4.79 Å². The van der Waals surface area contributed by atoms with Gasteiger partial charge in [-0.2, -0.15) is 0 Å². The first-order chi connectivity index (χ1) is 8.86. The number of carbonyl (C=O) groups is 1. The van der Waals surface area contributed by atoms with Crippen molar-refractivity contribution in [2.75, 3.05) is 6.61 Å². The maximum atomic E-state index is 11.7. The molecule has 3 N–H and O–H groups in total. The van der Waals surface area contributed by atoms with Crippen molar-refractivity contribution in [3.05, 3.63) is 29.3 Å². The molecule has 0 saturated heterocycles. The maximum absolute atomic E-state index is 11.7. The smallest absolute Gasteiger partial charge is 0.338 e. The fraction of sp³-hybridized carbons (Fsp3) is 0.500. The highest BCUT2D eigenvalue weighted by Crippen LogP contribution is 2.38. The summed E-state index contributed by atoms with van der Waals surface area (Å²) in [6.07, 6.45) is -0.836. The second-order valence-electron chi connectivity index (χ2n) is 5.15. The van der Waals surface area contributed by atoms with Crippen molar-refractivity contribution < 1.29 is 19.4 Å². The molecular weight excluding hydrogens is 246 g/mol. The van der Waals surface area contributed by atoms with Gasteiger partial charge in [0.05, 0.1) is 18.2 Å². The second kappa shape index (κ2) is 4.83. The molecule has 0 amide bonds. The fourth-order valence-electron chi connectivity index (χ4n) is 2.19. The van der Waals surface area contributed by atoms with Crippen LogP contribution < -0.4 is 10.5 Å². The molecule has 5 nitrogen and oxygen atoms in total. The van der Waals surface area contributed by atoms with Crippen molar-refractivity contribution in [1.29, 1.82) is 0 Å². The zero-order valence-corrected chi connectivity index (χ0v) is 11.3. The summed E-state index contributed by atoms with van der Waals surface area (Å²) in [7, 11) is 0. The van der Waals surface area contributed by atoms with Crippen molar-refractivity contribution in [2.24, 2.45) is 5.73 Å². The Balaban J connectivity index is 2.39. The molecule has 1 aromatic carbocycles. The Kier molecular flexibility index (Phi) is 3.52.